The molecular weight excluding hydrogens is 460 g/mol. The van der Waals surface area contributed by atoms with Crippen molar-refractivity contribution in [1.82, 2.24) is 14.5 Å². The highest BCUT2D eigenvalue weighted by Crippen LogP contribution is 2.27. The molecule has 0 saturated carbocycles. The van der Waals surface area contributed by atoms with Gasteiger partial charge in [-0.15, -0.1) is 11.3 Å². The largest absolute Gasteiger partial charge is 0.326 e. The lowest BCUT2D eigenvalue weighted by atomic mass is 10.2. The van der Waals surface area contributed by atoms with Gasteiger partial charge in [-0.05, 0) is 30.3 Å². The van der Waals surface area contributed by atoms with E-state index in [2.05, 4.69) is 31.2 Å². The van der Waals surface area contributed by atoms with Crippen molar-refractivity contribution < 1.29 is 4.79 Å². The van der Waals surface area contributed by atoms with Crippen LogP contribution in [0.2, 0.25) is 5.02 Å². The maximum Gasteiger partial charge on any atom is 0.230 e. The van der Waals surface area contributed by atoms with Crippen LogP contribution < -0.4 is 5.32 Å². The van der Waals surface area contributed by atoms with Gasteiger partial charge in [-0.25, -0.2) is 9.97 Å². The smallest absolute Gasteiger partial charge is 0.230 e. The predicted molar refractivity (Wildman–Crippen MR) is 116 cm³/mol. The molecular formula is C20H14BrClN4OS. The van der Waals surface area contributed by atoms with Gasteiger partial charge in [0.05, 0.1) is 29.2 Å². The Kier molecular flexibility index (Phi) is 5.57. The van der Waals surface area contributed by atoms with Crippen LogP contribution in [0.3, 0.4) is 0 Å². The third kappa shape index (κ3) is 4.32. The Labute approximate surface area is 179 Å². The average molecular weight is 474 g/mol. The van der Waals surface area contributed by atoms with Crippen LogP contribution in [0.15, 0.2) is 71.0 Å². The van der Waals surface area contributed by atoms with E-state index in [4.69, 9.17) is 11.6 Å². The molecule has 4 rings (SSSR count). The van der Waals surface area contributed by atoms with Gasteiger partial charge >= 0.3 is 0 Å². The summed E-state index contributed by atoms with van der Waals surface area (Å²) >= 11 is 11.3. The van der Waals surface area contributed by atoms with Crippen LogP contribution in [-0.4, -0.2) is 20.4 Å². The van der Waals surface area contributed by atoms with Gasteiger partial charge in [0.1, 0.15) is 5.01 Å². The normalized spacial score (nSPS) is 10.8. The van der Waals surface area contributed by atoms with Gasteiger partial charge in [0, 0.05) is 33.5 Å². The van der Waals surface area contributed by atoms with Crippen molar-refractivity contribution in [2.75, 3.05) is 5.32 Å². The number of rotatable bonds is 5. The van der Waals surface area contributed by atoms with Gasteiger partial charge in [-0.3, -0.25) is 4.79 Å². The number of thiazole rings is 1. The average Bonchev–Trinajstić information content (AvgIpc) is 3.34. The number of hydrogen-bond acceptors (Lipinski definition) is 4. The lowest BCUT2D eigenvalue weighted by molar-refractivity contribution is -0.115. The third-order valence-electron chi connectivity index (χ3n) is 3.98. The molecule has 0 atom stereocenters. The number of hydrogen-bond donors (Lipinski definition) is 1. The van der Waals surface area contributed by atoms with Gasteiger partial charge in [-0.2, -0.15) is 0 Å². The second-order valence-electron chi connectivity index (χ2n) is 6.02. The second-order valence-corrected chi connectivity index (χ2v) is 8.20. The summed E-state index contributed by atoms with van der Waals surface area (Å²) in [7, 11) is 0. The molecule has 0 spiro atoms. The van der Waals surface area contributed by atoms with E-state index in [1.165, 1.54) is 11.3 Å². The minimum absolute atomic E-state index is 0.141. The number of nitrogens with zero attached hydrogens (tertiary/aromatic N) is 3. The van der Waals surface area contributed by atoms with Crippen LogP contribution in [0, 0.1) is 0 Å². The Bertz CT molecular complexity index is 1130. The lowest BCUT2D eigenvalue weighted by Crippen LogP contribution is -2.14. The van der Waals surface area contributed by atoms with Crippen LogP contribution >= 0.6 is 38.9 Å². The highest BCUT2D eigenvalue weighted by atomic mass is 79.9. The number of amides is 1. The monoisotopic (exact) mass is 472 g/mol. The molecule has 2 heterocycles. The Morgan fingerprint density at radius 3 is 2.89 bits per heavy atom. The minimum atomic E-state index is -0.141. The van der Waals surface area contributed by atoms with Crippen molar-refractivity contribution in [3.8, 4) is 16.3 Å². The van der Waals surface area contributed by atoms with E-state index >= 15 is 0 Å². The molecule has 2 aromatic heterocycles. The van der Waals surface area contributed by atoms with E-state index < -0.39 is 0 Å². The fraction of sp³-hybridized carbons (Fsp3) is 0.0500. The molecule has 1 amide bonds. The Balaban J connectivity index is 1.43. The summed E-state index contributed by atoms with van der Waals surface area (Å²) in [5, 5.41) is 6.19. The topological polar surface area (TPSA) is 59.8 Å². The van der Waals surface area contributed by atoms with E-state index in [0.717, 1.165) is 26.4 Å². The predicted octanol–water partition coefficient (Wildman–Crippen LogP) is 5.59. The first-order valence-corrected chi connectivity index (χ1v) is 10.4. The van der Waals surface area contributed by atoms with Crippen LogP contribution in [-0.2, 0) is 11.2 Å². The summed E-state index contributed by atoms with van der Waals surface area (Å²) in [4.78, 5) is 21.0. The zero-order valence-corrected chi connectivity index (χ0v) is 17.6. The fourth-order valence-corrected chi connectivity index (χ4v) is 4.20. The molecule has 140 valence electrons. The Hall–Kier alpha value is -2.48. The first kappa shape index (κ1) is 18.9. The third-order valence-corrected chi connectivity index (χ3v) is 5.72. The molecule has 0 aliphatic rings. The van der Waals surface area contributed by atoms with Gasteiger partial charge in [0.25, 0.3) is 0 Å². The molecule has 0 aliphatic heterocycles. The number of aromatic nitrogens is 3. The Morgan fingerprint density at radius 2 is 2.14 bits per heavy atom. The molecule has 28 heavy (non-hydrogen) atoms. The number of benzene rings is 2. The number of imidazole rings is 1. The molecule has 0 fully saturated rings. The fourth-order valence-electron chi connectivity index (χ4n) is 2.71. The molecule has 0 saturated heterocycles. The van der Waals surface area contributed by atoms with Gasteiger partial charge in [-0.1, -0.05) is 39.7 Å². The first-order chi connectivity index (χ1) is 13.6. The van der Waals surface area contributed by atoms with Gasteiger partial charge in [0.15, 0.2) is 0 Å². The number of halogens is 2. The number of nitrogens with one attached hydrogen (secondary N) is 1. The highest BCUT2D eigenvalue weighted by Gasteiger charge is 2.11. The van der Waals surface area contributed by atoms with Crippen LogP contribution in [0.25, 0.3) is 16.3 Å². The van der Waals surface area contributed by atoms with Crippen LogP contribution in [0.4, 0.5) is 5.69 Å². The van der Waals surface area contributed by atoms with Crippen LogP contribution in [0.1, 0.15) is 5.69 Å². The summed E-state index contributed by atoms with van der Waals surface area (Å²) in [6.45, 7) is 0. The Morgan fingerprint density at radius 1 is 1.25 bits per heavy atom. The van der Waals surface area contributed by atoms with E-state index in [1.54, 1.807) is 18.6 Å². The van der Waals surface area contributed by atoms with E-state index in [1.807, 2.05) is 52.5 Å². The first-order valence-electron chi connectivity index (χ1n) is 8.36. The van der Waals surface area contributed by atoms with Crippen molar-refractivity contribution >= 4 is 50.5 Å². The van der Waals surface area contributed by atoms with Crippen molar-refractivity contribution in [1.29, 1.82) is 0 Å². The number of carbonyl (C=O) groups is 1. The molecule has 0 radical (unpaired) electrons. The zero-order chi connectivity index (χ0) is 19.5. The van der Waals surface area contributed by atoms with Crippen molar-refractivity contribution in [2.45, 2.75) is 6.42 Å². The van der Waals surface area contributed by atoms with Gasteiger partial charge in [0.2, 0.25) is 5.91 Å². The summed E-state index contributed by atoms with van der Waals surface area (Å²) in [5.74, 6) is -0.141. The SMILES string of the molecule is O=C(Cc1csc(-c2cccc(Br)c2)n1)Nc1ccc(-n2ccnc2)c(Cl)c1. The summed E-state index contributed by atoms with van der Waals surface area (Å²) < 4.78 is 2.81. The highest BCUT2D eigenvalue weighted by molar-refractivity contribution is 9.10. The molecule has 0 bridgehead atoms. The lowest BCUT2D eigenvalue weighted by Gasteiger charge is -2.09. The van der Waals surface area contributed by atoms with Crippen molar-refractivity contribution in [3.05, 3.63) is 81.8 Å². The molecule has 4 aromatic rings. The van der Waals surface area contributed by atoms with E-state index in [9.17, 15) is 4.79 Å². The molecule has 2 aromatic carbocycles. The summed E-state index contributed by atoms with van der Waals surface area (Å²) in [5.41, 5.74) is 3.20. The zero-order valence-electron chi connectivity index (χ0n) is 14.5. The van der Waals surface area contributed by atoms with Gasteiger partial charge < -0.3 is 9.88 Å². The summed E-state index contributed by atoms with van der Waals surface area (Å²) in [6, 6.07) is 13.3. The van der Waals surface area contributed by atoms with E-state index in [0.29, 0.717) is 10.7 Å². The minimum Gasteiger partial charge on any atom is -0.326 e. The summed E-state index contributed by atoms with van der Waals surface area (Å²) in [6.07, 6.45) is 5.36. The second kappa shape index (κ2) is 8.26. The van der Waals surface area contributed by atoms with E-state index in [-0.39, 0.29) is 12.3 Å². The van der Waals surface area contributed by atoms with Crippen molar-refractivity contribution in [2.24, 2.45) is 0 Å². The number of carbonyl (C=O) groups excluding carboxylic acids is 1. The maximum absolute atomic E-state index is 12.4. The molecule has 8 heteroatoms. The van der Waals surface area contributed by atoms with Crippen LogP contribution in [0.5, 0.6) is 0 Å². The number of anilines is 1. The molecule has 0 aliphatic carbocycles. The van der Waals surface area contributed by atoms with Crippen molar-refractivity contribution in [3.63, 3.8) is 0 Å². The quantitative estimate of drug-likeness (QED) is 0.411. The molecule has 0 unspecified atom stereocenters. The standard InChI is InChI=1S/C20H14BrClN4OS/c21-14-3-1-2-13(8-14)20-25-16(11-28-20)10-19(27)24-15-4-5-18(17(22)9-15)26-7-6-23-12-26/h1-9,11-12H,10H2,(H,24,27). The molecule has 5 nitrogen and oxygen atoms in total. The maximum atomic E-state index is 12.4. The molecule has 1 N–H and O–H groups in total.